The van der Waals surface area contributed by atoms with Crippen LogP contribution in [0, 0.1) is 0 Å². The van der Waals surface area contributed by atoms with E-state index >= 15 is 0 Å². The zero-order chi connectivity index (χ0) is 11.4. The third kappa shape index (κ3) is 3.21. The zero-order valence-corrected chi connectivity index (χ0v) is 8.73. The molecule has 0 amide bonds. The molecule has 0 radical (unpaired) electrons. The van der Waals surface area contributed by atoms with Gasteiger partial charge in [0, 0.05) is 25.0 Å². The molecule has 1 aromatic rings. The molecule has 0 spiro atoms. The smallest absolute Gasteiger partial charge is 0.317 e. The van der Waals surface area contributed by atoms with E-state index in [1.54, 1.807) is 30.0 Å². The average Bonchev–Trinajstić information content (AvgIpc) is 2.60. The predicted octanol–water partition coefficient (Wildman–Crippen LogP) is 0.270. The number of carboxylic acid groups (broad SMARTS) is 1. The molecule has 1 unspecified atom stereocenters. The minimum absolute atomic E-state index is 0.100. The van der Waals surface area contributed by atoms with Crippen molar-refractivity contribution >= 4 is 11.8 Å². The van der Waals surface area contributed by atoms with Gasteiger partial charge in [-0.05, 0) is 13.0 Å². The number of carbonyl (C=O) groups excluding carboxylic acids is 1. The van der Waals surface area contributed by atoms with Gasteiger partial charge in [0.05, 0.1) is 12.6 Å². The van der Waals surface area contributed by atoms with Crippen LogP contribution in [0.4, 0.5) is 0 Å². The van der Waals surface area contributed by atoms with Gasteiger partial charge in [0.1, 0.15) is 0 Å². The van der Waals surface area contributed by atoms with Crippen molar-refractivity contribution in [2.24, 2.45) is 7.05 Å². The van der Waals surface area contributed by atoms with E-state index in [9.17, 15) is 9.59 Å². The highest BCUT2D eigenvalue weighted by molar-refractivity contribution is 5.99. The maximum atomic E-state index is 11.7. The molecule has 0 aliphatic carbocycles. The fraction of sp³-hybridized carbons (Fsp3) is 0.400. The van der Waals surface area contributed by atoms with Crippen molar-refractivity contribution < 1.29 is 14.7 Å². The largest absolute Gasteiger partial charge is 0.480 e. The lowest BCUT2D eigenvalue weighted by Gasteiger charge is -2.09. The summed E-state index contributed by atoms with van der Waals surface area (Å²) in [5, 5.41) is 11.1. The van der Waals surface area contributed by atoms with Crippen molar-refractivity contribution in [1.29, 1.82) is 0 Å². The Hall–Kier alpha value is -1.62. The lowest BCUT2D eigenvalue weighted by atomic mass is 10.1. The fourth-order valence-electron chi connectivity index (χ4n) is 1.23. The van der Waals surface area contributed by atoms with Crippen LogP contribution in [-0.2, 0) is 11.8 Å². The van der Waals surface area contributed by atoms with Gasteiger partial charge in [-0.2, -0.15) is 0 Å². The molecule has 0 fully saturated rings. The summed E-state index contributed by atoms with van der Waals surface area (Å²) >= 11 is 0. The molecule has 1 rings (SSSR count). The van der Waals surface area contributed by atoms with E-state index < -0.39 is 12.0 Å². The summed E-state index contributed by atoms with van der Waals surface area (Å²) in [6, 6.07) is 1.23. The molecule has 0 saturated heterocycles. The summed E-state index contributed by atoms with van der Waals surface area (Å²) in [7, 11) is 1.83. The molecule has 0 aliphatic rings. The number of aryl methyl sites for hydroxylation is 1. The van der Waals surface area contributed by atoms with Crippen LogP contribution < -0.4 is 5.32 Å². The van der Waals surface area contributed by atoms with Crippen LogP contribution in [0.2, 0.25) is 0 Å². The van der Waals surface area contributed by atoms with Gasteiger partial charge in [0.2, 0.25) is 0 Å². The fourth-order valence-corrected chi connectivity index (χ4v) is 1.23. The number of ketones is 1. The topological polar surface area (TPSA) is 71.3 Å². The molecule has 15 heavy (non-hydrogen) atoms. The first kappa shape index (κ1) is 11.5. The molecule has 5 nitrogen and oxygen atoms in total. The molecule has 0 aliphatic heterocycles. The van der Waals surface area contributed by atoms with Gasteiger partial charge >= 0.3 is 5.97 Å². The van der Waals surface area contributed by atoms with Gasteiger partial charge in [0.25, 0.3) is 0 Å². The molecule has 1 heterocycles. The molecular weight excluding hydrogens is 196 g/mol. The SMILES string of the molecule is CC(NCC(=O)O)C(=O)c1ccn(C)c1. The molecule has 1 aromatic heterocycles. The van der Waals surface area contributed by atoms with E-state index in [0.717, 1.165) is 0 Å². The Kier molecular flexibility index (Phi) is 3.62. The number of hydrogen-bond donors (Lipinski definition) is 2. The molecule has 5 heteroatoms. The van der Waals surface area contributed by atoms with E-state index in [4.69, 9.17) is 5.11 Å². The van der Waals surface area contributed by atoms with E-state index in [-0.39, 0.29) is 12.3 Å². The number of carboxylic acids is 1. The number of aliphatic carboxylic acids is 1. The van der Waals surface area contributed by atoms with Crippen molar-refractivity contribution in [2.75, 3.05) is 6.54 Å². The van der Waals surface area contributed by atoms with Crippen LogP contribution in [0.15, 0.2) is 18.5 Å². The van der Waals surface area contributed by atoms with Crippen LogP contribution >= 0.6 is 0 Å². The summed E-state index contributed by atoms with van der Waals surface area (Å²) < 4.78 is 1.77. The average molecular weight is 210 g/mol. The number of Topliss-reactive ketones (excluding diaryl/α,β-unsaturated/α-hetero) is 1. The van der Waals surface area contributed by atoms with Crippen molar-refractivity contribution in [3.8, 4) is 0 Å². The monoisotopic (exact) mass is 210 g/mol. The maximum absolute atomic E-state index is 11.7. The Labute approximate surface area is 87.7 Å². The lowest BCUT2D eigenvalue weighted by molar-refractivity contribution is -0.136. The van der Waals surface area contributed by atoms with Gasteiger partial charge < -0.3 is 9.67 Å². The maximum Gasteiger partial charge on any atom is 0.317 e. The quantitative estimate of drug-likeness (QED) is 0.684. The third-order valence-electron chi connectivity index (χ3n) is 2.07. The second kappa shape index (κ2) is 4.75. The number of nitrogens with one attached hydrogen (secondary N) is 1. The van der Waals surface area contributed by atoms with Crippen LogP contribution in [0.25, 0.3) is 0 Å². The first-order chi connectivity index (χ1) is 7.00. The van der Waals surface area contributed by atoms with Crippen LogP contribution in [-0.4, -0.2) is 34.0 Å². The Morgan fingerprint density at radius 1 is 1.60 bits per heavy atom. The van der Waals surface area contributed by atoms with Gasteiger partial charge in [0.15, 0.2) is 5.78 Å². The molecule has 0 aromatic carbocycles. The minimum Gasteiger partial charge on any atom is -0.480 e. The normalized spacial score (nSPS) is 12.4. The van der Waals surface area contributed by atoms with Crippen LogP contribution in [0.5, 0.6) is 0 Å². The van der Waals surface area contributed by atoms with Crippen molar-refractivity contribution in [2.45, 2.75) is 13.0 Å². The van der Waals surface area contributed by atoms with E-state index in [1.165, 1.54) is 0 Å². The van der Waals surface area contributed by atoms with E-state index in [1.807, 2.05) is 7.05 Å². The number of hydrogen-bond acceptors (Lipinski definition) is 3. The van der Waals surface area contributed by atoms with Crippen molar-refractivity contribution in [3.05, 3.63) is 24.0 Å². The second-order valence-corrected chi connectivity index (χ2v) is 3.43. The molecule has 82 valence electrons. The van der Waals surface area contributed by atoms with E-state index in [0.29, 0.717) is 5.56 Å². The summed E-state index contributed by atoms with van der Waals surface area (Å²) in [6.07, 6.45) is 3.48. The van der Waals surface area contributed by atoms with Crippen molar-refractivity contribution in [1.82, 2.24) is 9.88 Å². The molecular formula is C10H14N2O3. The van der Waals surface area contributed by atoms with Crippen LogP contribution in [0.3, 0.4) is 0 Å². The minimum atomic E-state index is -0.970. The predicted molar refractivity (Wildman–Crippen MR) is 54.8 cm³/mol. The number of aromatic nitrogens is 1. The first-order valence-corrected chi connectivity index (χ1v) is 4.62. The molecule has 1 atom stereocenters. The highest BCUT2D eigenvalue weighted by atomic mass is 16.4. The van der Waals surface area contributed by atoms with Gasteiger partial charge in [-0.25, -0.2) is 0 Å². The zero-order valence-electron chi connectivity index (χ0n) is 8.73. The Bertz CT molecular complexity index is 370. The number of carbonyl (C=O) groups is 2. The second-order valence-electron chi connectivity index (χ2n) is 3.43. The highest BCUT2D eigenvalue weighted by Crippen LogP contribution is 2.03. The van der Waals surface area contributed by atoms with Gasteiger partial charge in [-0.3, -0.25) is 14.9 Å². The number of nitrogens with zero attached hydrogens (tertiary/aromatic N) is 1. The highest BCUT2D eigenvalue weighted by Gasteiger charge is 2.15. The Morgan fingerprint density at radius 3 is 2.73 bits per heavy atom. The molecule has 0 saturated carbocycles. The molecule has 0 bridgehead atoms. The van der Waals surface area contributed by atoms with Gasteiger partial charge in [-0.15, -0.1) is 0 Å². The van der Waals surface area contributed by atoms with Gasteiger partial charge in [-0.1, -0.05) is 0 Å². The first-order valence-electron chi connectivity index (χ1n) is 4.62. The Balaban J connectivity index is 2.57. The Morgan fingerprint density at radius 2 is 2.27 bits per heavy atom. The van der Waals surface area contributed by atoms with Crippen molar-refractivity contribution in [3.63, 3.8) is 0 Å². The summed E-state index contributed by atoms with van der Waals surface area (Å²) in [6.45, 7) is 1.44. The number of rotatable bonds is 5. The summed E-state index contributed by atoms with van der Waals surface area (Å²) in [5.41, 5.74) is 0.586. The lowest BCUT2D eigenvalue weighted by Crippen LogP contribution is -2.37. The van der Waals surface area contributed by atoms with E-state index in [2.05, 4.69) is 5.32 Å². The standard InChI is InChI=1S/C10H14N2O3/c1-7(11-5-9(13)14)10(15)8-3-4-12(2)6-8/h3-4,6-7,11H,5H2,1-2H3,(H,13,14). The van der Waals surface area contributed by atoms with Crippen LogP contribution in [0.1, 0.15) is 17.3 Å². The summed E-state index contributed by atoms with van der Waals surface area (Å²) in [5.74, 6) is -1.07. The molecule has 2 N–H and O–H groups in total. The third-order valence-corrected chi connectivity index (χ3v) is 2.07. The summed E-state index contributed by atoms with van der Waals surface area (Å²) in [4.78, 5) is 22.0.